The fourth-order valence-electron chi connectivity index (χ4n) is 4.22. The predicted molar refractivity (Wildman–Crippen MR) is 120 cm³/mol. The van der Waals surface area contributed by atoms with Crippen molar-refractivity contribution in [1.29, 1.82) is 5.41 Å². The second-order valence-corrected chi connectivity index (χ2v) is 7.87. The summed E-state index contributed by atoms with van der Waals surface area (Å²) in [6.45, 7) is 8.75. The van der Waals surface area contributed by atoms with E-state index in [0.717, 1.165) is 37.9 Å². The van der Waals surface area contributed by atoms with Crippen LogP contribution in [0.2, 0.25) is 0 Å². The first-order valence-corrected chi connectivity index (χ1v) is 10.4. The normalized spacial score (nSPS) is 16.3. The molecule has 2 aromatic rings. The average Bonchev–Trinajstić information content (AvgIpc) is 2.76. The largest absolute Gasteiger partial charge is 0.290 e. The van der Waals surface area contributed by atoms with Gasteiger partial charge in [-0.15, -0.1) is 0 Å². The van der Waals surface area contributed by atoms with Crippen LogP contribution in [0.15, 0.2) is 72.8 Å². The highest BCUT2D eigenvalue weighted by Crippen LogP contribution is 2.29. The summed E-state index contributed by atoms with van der Waals surface area (Å²) in [5, 5.41) is 10.6. The monoisotopic (exact) mass is 391 g/mol. The molecule has 1 saturated heterocycles. The summed E-state index contributed by atoms with van der Waals surface area (Å²) in [7, 11) is 0. The molecule has 29 heavy (non-hydrogen) atoms. The molecular weight excluding hydrogens is 358 g/mol. The van der Waals surface area contributed by atoms with Crippen molar-refractivity contribution in [3.05, 3.63) is 83.9 Å². The Morgan fingerprint density at radius 1 is 1.14 bits per heavy atom. The van der Waals surface area contributed by atoms with Gasteiger partial charge in [0.25, 0.3) is 0 Å². The highest BCUT2D eigenvalue weighted by Gasteiger charge is 2.31. The van der Waals surface area contributed by atoms with Gasteiger partial charge in [-0.3, -0.25) is 21.2 Å². The maximum Gasteiger partial charge on any atom is 0.133 e. The van der Waals surface area contributed by atoms with Crippen LogP contribution < -0.4 is 11.4 Å². The standard InChI is InChI=1S/C24H33N5/c1-19(2)23(24(25)29(27-26)18-13-20-9-5-3-6-10-20)28-16-14-22(15-17-28)21-11-7-4-8-12-21/h3-12,22-23,25,27H,1,13-18,26H2,2H3. The Bertz CT molecular complexity index is 781. The van der Waals surface area contributed by atoms with Gasteiger partial charge in [-0.05, 0) is 56.3 Å². The van der Waals surface area contributed by atoms with Crippen molar-refractivity contribution in [2.75, 3.05) is 19.6 Å². The minimum Gasteiger partial charge on any atom is -0.290 e. The summed E-state index contributed by atoms with van der Waals surface area (Å²) in [6.07, 6.45) is 3.02. The number of piperidine rings is 1. The molecule has 2 aromatic carbocycles. The maximum absolute atomic E-state index is 8.83. The topological polar surface area (TPSA) is 68.4 Å². The molecule has 154 valence electrons. The lowest BCUT2D eigenvalue weighted by atomic mass is 9.88. The summed E-state index contributed by atoms with van der Waals surface area (Å²) in [5.41, 5.74) is 6.35. The number of nitrogens with one attached hydrogen (secondary N) is 2. The lowest BCUT2D eigenvalue weighted by Gasteiger charge is -2.40. The molecule has 0 aliphatic carbocycles. The van der Waals surface area contributed by atoms with Gasteiger partial charge in [-0.1, -0.05) is 72.8 Å². The van der Waals surface area contributed by atoms with Crippen LogP contribution in [0.25, 0.3) is 0 Å². The first-order valence-electron chi connectivity index (χ1n) is 10.4. The molecule has 1 aliphatic rings. The Balaban J connectivity index is 1.62. The number of nitrogens with zero attached hydrogens (tertiary/aromatic N) is 2. The molecule has 0 amide bonds. The second kappa shape index (κ2) is 10.3. The second-order valence-electron chi connectivity index (χ2n) is 7.87. The maximum atomic E-state index is 8.83. The van der Waals surface area contributed by atoms with Gasteiger partial charge in [0.2, 0.25) is 0 Å². The highest BCUT2D eigenvalue weighted by atomic mass is 15.6. The van der Waals surface area contributed by atoms with Gasteiger partial charge in [-0.25, -0.2) is 0 Å². The third-order valence-corrected chi connectivity index (χ3v) is 5.81. The smallest absolute Gasteiger partial charge is 0.133 e. The molecule has 1 heterocycles. The zero-order chi connectivity index (χ0) is 20.6. The molecule has 0 radical (unpaired) electrons. The summed E-state index contributed by atoms with van der Waals surface area (Å²) in [4.78, 5) is 2.37. The van der Waals surface area contributed by atoms with E-state index in [9.17, 15) is 0 Å². The number of hydrogen-bond donors (Lipinski definition) is 3. The molecule has 0 spiro atoms. The third-order valence-electron chi connectivity index (χ3n) is 5.81. The van der Waals surface area contributed by atoms with Gasteiger partial charge >= 0.3 is 0 Å². The Hall–Kier alpha value is -2.47. The number of hydrogen-bond acceptors (Lipinski definition) is 4. The SMILES string of the molecule is C=C(C)C(C(=N)N(CCc1ccccc1)NN)N1CCC(c2ccccc2)CC1. The van der Waals surface area contributed by atoms with E-state index in [1.165, 1.54) is 11.1 Å². The molecule has 5 heteroatoms. The quantitative estimate of drug-likeness (QED) is 0.211. The van der Waals surface area contributed by atoms with Crippen molar-refractivity contribution in [3.63, 3.8) is 0 Å². The first kappa shape index (κ1) is 21.2. The zero-order valence-corrected chi connectivity index (χ0v) is 17.3. The first-order chi connectivity index (χ1) is 14.1. The number of likely N-dealkylation sites (tertiary alicyclic amines) is 1. The molecular formula is C24H33N5. The molecule has 4 N–H and O–H groups in total. The Morgan fingerprint density at radius 3 is 2.28 bits per heavy atom. The lowest BCUT2D eigenvalue weighted by Crippen LogP contribution is -2.57. The average molecular weight is 392 g/mol. The van der Waals surface area contributed by atoms with E-state index in [1.54, 1.807) is 5.01 Å². The Morgan fingerprint density at radius 2 is 1.72 bits per heavy atom. The Kier molecular flexibility index (Phi) is 7.58. The molecule has 3 rings (SSSR count). The van der Waals surface area contributed by atoms with Crippen LogP contribution in [0.5, 0.6) is 0 Å². The van der Waals surface area contributed by atoms with E-state index in [1.807, 2.05) is 25.1 Å². The summed E-state index contributed by atoms with van der Waals surface area (Å²) >= 11 is 0. The third kappa shape index (κ3) is 5.54. The van der Waals surface area contributed by atoms with Crippen molar-refractivity contribution >= 4 is 5.84 Å². The van der Waals surface area contributed by atoms with Crippen LogP contribution >= 0.6 is 0 Å². The minimum atomic E-state index is -0.126. The van der Waals surface area contributed by atoms with Gasteiger partial charge in [0.05, 0.1) is 6.04 Å². The van der Waals surface area contributed by atoms with Crippen molar-refractivity contribution in [2.24, 2.45) is 5.84 Å². The van der Waals surface area contributed by atoms with E-state index >= 15 is 0 Å². The summed E-state index contributed by atoms with van der Waals surface area (Å²) < 4.78 is 0. The van der Waals surface area contributed by atoms with Crippen LogP contribution in [0.4, 0.5) is 0 Å². The number of amidine groups is 1. The summed E-state index contributed by atoms with van der Waals surface area (Å²) in [5.74, 6) is 6.85. The van der Waals surface area contributed by atoms with Gasteiger partial charge < -0.3 is 0 Å². The fourth-order valence-corrected chi connectivity index (χ4v) is 4.22. The number of nitrogens with two attached hydrogens (primary N) is 1. The van der Waals surface area contributed by atoms with E-state index in [0.29, 0.717) is 18.3 Å². The zero-order valence-electron chi connectivity index (χ0n) is 17.3. The lowest BCUT2D eigenvalue weighted by molar-refractivity contribution is 0.185. The summed E-state index contributed by atoms with van der Waals surface area (Å²) in [6, 6.07) is 20.9. The van der Waals surface area contributed by atoms with E-state index < -0.39 is 0 Å². The molecule has 5 nitrogen and oxygen atoms in total. The van der Waals surface area contributed by atoms with Crippen LogP contribution in [0.3, 0.4) is 0 Å². The molecule has 1 aliphatic heterocycles. The highest BCUT2D eigenvalue weighted by molar-refractivity contribution is 5.87. The fraction of sp³-hybridized carbons (Fsp3) is 0.375. The van der Waals surface area contributed by atoms with E-state index in [2.05, 4.69) is 59.5 Å². The van der Waals surface area contributed by atoms with Crippen LogP contribution in [-0.2, 0) is 6.42 Å². The Labute approximate surface area is 174 Å². The van der Waals surface area contributed by atoms with E-state index in [-0.39, 0.29) is 6.04 Å². The van der Waals surface area contributed by atoms with Crippen molar-refractivity contribution in [1.82, 2.24) is 15.4 Å². The van der Waals surface area contributed by atoms with Gasteiger partial charge in [0.1, 0.15) is 5.84 Å². The van der Waals surface area contributed by atoms with Gasteiger partial charge in [0.15, 0.2) is 0 Å². The van der Waals surface area contributed by atoms with Gasteiger partial charge in [0, 0.05) is 6.54 Å². The molecule has 0 saturated carbocycles. The molecule has 0 bridgehead atoms. The molecule has 1 unspecified atom stereocenters. The van der Waals surface area contributed by atoms with Crippen LogP contribution in [-0.4, -0.2) is 41.4 Å². The molecule has 1 fully saturated rings. The van der Waals surface area contributed by atoms with Crippen LogP contribution in [0, 0.1) is 5.41 Å². The van der Waals surface area contributed by atoms with Crippen LogP contribution in [0.1, 0.15) is 36.8 Å². The van der Waals surface area contributed by atoms with E-state index in [4.69, 9.17) is 11.3 Å². The predicted octanol–water partition coefficient (Wildman–Crippen LogP) is 3.71. The number of rotatable bonds is 8. The van der Waals surface area contributed by atoms with Crippen molar-refractivity contribution in [2.45, 2.75) is 38.1 Å². The number of hydrazine groups is 2. The van der Waals surface area contributed by atoms with Gasteiger partial charge in [-0.2, -0.15) is 5.53 Å². The minimum absolute atomic E-state index is 0.126. The van der Waals surface area contributed by atoms with Crippen molar-refractivity contribution in [3.8, 4) is 0 Å². The number of benzene rings is 2. The molecule has 0 aromatic heterocycles. The molecule has 1 atom stereocenters. The van der Waals surface area contributed by atoms with Crippen molar-refractivity contribution < 1.29 is 0 Å².